The summed E-state index contributed by atoms with van der Waals surface area (Å²) in [6, 6.07) is 6.57. The zero-order valence-corrected chi connectivity index (χ0v) is 24.2. The van der Waals surface area contributed by atoms with Crippen LogP contribution in [0.4, 0.5) is 4.39 Å². The normalized spacial score (nSPS) is 11.3. The molecule has 0 aliphatic heterocycles. The van der Waals surface area contributed by atoms with Crippen molar-refractivity contribution >= 4 is 32.9 Å². The molecule has 1 aromatic carbocycles. The topological polar surface area (TPSA) is 116 Å². The Balaban J connectivity index is 1.90. The number of hydrogen-bond donors (Lipinski definition) is 0. The van der Waals surface area contributed by atoms with E-state index in [1.54, 1.807) is 36.1 Å². The second-order valence-corrected chi connectivity index (χ2v) is 12.5. The van der Waals surface area contributed by atoms with Crippen LogP contribution in [0.25, 0.3) is 0 Å². The van der Waals surface area contributed by atoms with Crippen molar-refractivity contribution in [2.24, 2.45) is 0 Å². The summed E-state index contributed by atoms with van der Waals surface area (Å²) in [5.41, 5.74) is 1.62. The second-order valence-electron chi connectivity index (χ2n) is 8.90. The van der Waals surface area contributed by atoms with Gasteiger partial charge in [0, 0.05) is 40.1 Å². The van der Waals surface area contributed by atoms with Gasteiger partial charge in [-0.25, -0.2) is 18.4 Å². The maximum absolute atomic E-state index is 14.1. The molecule has 0 bridgehead atoms. The first-order valence-electron chi connectivity index (χ1n) is 12.3. The predicted molar refractivity (Wildman–Crippen MR) is 147 cm³/mol. The number of amides is 1. The van der Waals surface area contributed by atoms with Crippen molar-refractivity contribution in [2.45, 2.75) is 40.2 Å². The fourth-order valence-corrected chi connectivity index (χ4v) is 5.73. The van der Waals surface area contributed by atoms with Crippen molar-refractivity contribution in [1.82, 2.24) is 14.9 Å². The Labute approximate surface area is 231 Å². The maximum Gasteiger partial charge on any atom is 0.254 e. The molecule has 0 aliphatic rings. The monoisotopic (exact) mass is 577 g/mol. The van der Waals surface area contributed by atoms with Gasteiger partial charge in [-0.3, -0.25) is 9.59 Å². The summed E-state index contributed by atoms with van der Waals surface area (Å²) in [6.07, 6.45) is 2.18. The SMILES string of the molecule is CCS(=O)(=O)CC(=O)c1nc(CN(CCCc2cccnc2F)C(=O)c2cc(OC)c(C)c(OC)c2)sc1C. The largest absolute Gasteiger partial charge is 0.496 e. The number of methoxy groups -OCH3 is 2. The lowest BCUT2D eigenvalue weighted by atomic mass is 10.1. The number of Topliss-reactive ketones (excluding diaryl/α,β-unsaturated/α-hetero) is 1. The summed E-state index contributed by atoms with van der Waals surface area (Å²) in [7, 11) is -0.503. The lowest BCUT2D eigenvalue weighted by Crippen LogP contribution is -2.32. The number of carbonyl (C=O) groups excluding carboxylic acids is 2. The molecular formula is C27H32FN3O6S2. The number of ether oxygens (including phenoxy) is 2. The van der Waals surface area contributed by atoms with E-state index in [4.69, 9.17) is 9.47 Å². The number of pyridine rings is 1. The number of aryl methyl sites for hydroxylation is 2. The van der Waals surface area contributed by atoms with Crippen molar-refractivity contribution < 1.29 is 31.9 Å². The molecule has 3 rings (SSSR count). The van der Waals surface area contributed by atoms with E-state index in [9.17, 15) is 22.4 Å². The number of aromatic nitrogens is 2. The van der Waals surface area contributed by atoms with Crippen LogP contribution < -0.4 is 9.47 Å². The van der Waals surface area contributed by atoms with Crippen LogP contribution in [-0.2, 0) is 22.8 Å². The Kier molecular flexibility index (Phi) is 10.1. The average molecular weight is 578 g/mol. The van der Waals surface area contributed by atoms with E-state index in [1.807, 2.05) is 6.92 Å². The molecule has 0 unspecified atom stereocenters. The first-order chi connectivity index (χ1) is 18.5. The van der Waals surface area contributed by atoms with E-state index in [0.717, 1.165) is 5.56 Å². The molecule has 0 saturated carbocycles. The fraction of sp³-hybridized carbons (Fsp3) is 0.407. The van der Waals surface area contributed by atoms with E-state index < -0.39 is 27.3 Å². The minimum absolute atomic E-state index is 0.0756. The first-order valence-corrected chi connectivity index (χ1v) is 14.9. The Bertz CT molecular complexity index is 1430. The minimum atomic E-state index is -3.51. The van der Waals surface area contributed by atoms with Crippen LogP contribution >= 0.6 is 11.3 Å². The molecule has 12 heteroatoms. The van der Waals surface area contributed by atoms with Crippen molar-refractivity contribution in [2.75, 3.05) is 32.3 Å². The molecule has 1 amide bonds. The van der Waals surface area contributed by atoms with Crippen molar-refractivity contribution in [3.8, 4) is 11.5 Å². The third kappa shape index (κ3) is 7.60. The van der Waals surface area contributed by atoms with E-state index in [0.29, 0.717) is 45.4 Å². The summed E-state index contributed by atoms with van der Waals surface area (Å²) in [4.78, 5) is 36.6. The highest BCUT2D eigenvalue weighted by Gasteiger charge is 2.24. The van der Waals surface area contributed by atoms with Crippen LogP contribution in [0.15, 0.2) is 30.5 Å². The Morgan fingerprint density at radius 3 is 2.38 bits per heavy atom. The van der Waals surface area contributed by atoms with Crippen molar-refractivity contribution in [1.29, 1.82) is 0 Å². The number of halogens is 1. The summed E-state index contributed by atoms with van der Waals surface area (Å²) in [5, 5.41) is 0.483. The van der Waals surface area contributed by atoms with Crippen LogP contribution in [0, 0.1) is 19.8 Å². The van der Waals surface area contributed by atoms with Gasteiger partial charge in [0.15, 0.2) is 15.6 Å². The average Bonchev–Trinajstić information content (AvgIpc) is 3.28. The van der Waals surface area contributed by atoms with Gasteiger partial charge in [-0.05, 0) is 44.9 Å². The Hall–Kier alpha value is -3.38. The number of rotatable bonds is 13. The number of sulfone groups is 1. The molecule has 3 aromatic rings. The molecule has 0 spiro atoms. The molecule has 0 radical (unpaired) electrons. The molecule has 210 valence electrons. The van der Waals surface area contributed by atoms with Gasteiger partial charge in [-0.15, -0.1) is 11.3 Å². The van der Waals surface area contributed by atoms with Gasteiger partial charge in [-0.1, -0.05) is 13.0 Å². The van der Waals surface area contributed by atoms with Crippen molar-refractivity contribution in [3.63, 3.8) is 0 Å². The third-order valence-electron chi connectivity index (χ3n) is 6.22. The standard InChI is InChI=1S/C27H32FN3O6S2/c1-6-39(34,35)16-21(32)25-18(3)38-24(30-25)15-31(12-8-10-19-9-7-11-29-26(19)28)27(33)20-13-22(36-4)17(2)23(14-20)37-5/h7,9,11,13-14H,6,8,10,12,15-16H2,1-5H3. The maximum atomic E-state index is 14.1. The Morgan fingerprint density at radius 2 is 1.79 bits per heavy atom. The number of hydrogen-bond acceptors (Lipinski definition) is 9. The highest BCUT2D eigenvalue weighted by molar-refractivity contribution is 7.92. The number of benzene rings is 1. The molecule has 39 heavy (non-hydrogen) atoms. The van der Waals surface area contributed by atoms with Crippen LogP contribution in [0.3, 0.4) is 0 Å². The van der Waals surface area contributed by atoms with E-state index in [-0.39, 0.29) is 30.4 Å². The molecule has 0 atom stereocenters. The number of nitrogens with zero attached hydrogens (tertiary/aromatic N) is 3. The van der Waals surface area contributed by atoms with Gasteiger partial charge in [0.05, 0.1) is 20.8 Å². The second kappa shape index (κ2) is 13.1. The predicted octanol–water partition coefficient (Wildman–Crippen LogP) is 4.20. The van der Waals surface area contributed by atoms with Crippen LogP contribution in [-0.4, -0.2) is 67.2 Å². The van der Waals surface area contributed by atoms with Gasteiger partial charge >= 0.3 is 0 Å². The minimum Gasteiger partial charge on any atom is -0.496 e. The van der Waals surface area contributed by atoms with Crippen LogP contribution in [0.2, 0.25) is 0 Å². The molecule has 0 fully saturated rings. The molecule has 2 aromatic heterocycles. The third-order valence-corrected chi connectivity index (χ3v) is 8.76. The van der Waals surface area contributed by atoms with E-state index in [1.165, 1.54) is 38.7 Å². The fourth-order valence-electron chi connectivity index (χ4n) is 4.02. The van der Waals surface area contributed by atoms with Gasteiger partial charge in [-0.2, -0.15) is 4.39 Å². The molecule has 0 saturated heterocycles. The highest BCUT2D eigenvalue weighted by atomic mass is 32.2. The molecular weight excluding hydrogens is 545 g/mol. The zero-order valence-electron chi connectivity index (χ0n) is 22.6. The van der Waals surface area contributed by atoms with Gasteiger partial charge in [0.2, 0.25) is 5.95 Å². The molecule has 2 heterocycles. The molecule has 0 N–H and O–H groups in total. The lowest BCUT2D eigenvalue weighted by Gasteiger charge is -2.23. The number of carbonyl (C=O) groups is 2. The van der Waals surface area contributed by atoms with Crippen LogP contribution in [0.1, 0.15) is 55.2 Å². The van der Waals surface area contributed by atoms with E-state index >= 15 is 0 Å². The Morgan fingerprint density at radius 1 is 1.13 bits per heavy atom. The smallest absolute Gasteiger partial charge is 0.254 e. The first kappa shape index (κ1) is 30.2. The summed E-state index contributed by atoms with van der Waals surface area (Å²) in [6.45, 7) is 5.34. The summed E-state index contributed by atoms with van der Waals surface area (Å²) < 4.78 is 48.8. The van der Waals surface area contributed by atoms with E-state index in [2.05, 4.69) is 9.97 Å². The van der Waals surface area contributed by atoms with Crippen LogP contribution in [0.5, 0.6) is 11.5 Å². The van der Waals surface area contributed by atoms with Crippen molar-refractivity contribution in [3.05, 3.63) is 68.7 Å². The zero-order chi connectivity index (χ0) is 28.7. The molecule has 9 nitrogen and oxygen atoms in total. The molecule has 0 aliphatic carbocycles. The highest BCUT2D eigenvalue weighted by Crippen LogP contribution is 2.30. The lowest BCUT2D eigenvalue weighted by molar-refractivity contribution is 0.0740. The van der Waals surface area contributed by atoms with Gasteiger partial charge < -0.3 is 14.4 Å². The van der Waals surface area contributed by atoms with Gasteiger partial charge in [0.25, 0.3) is 5.91 Å². The van der Waals surface area contributed by atoms with Gasteiger partial charge in [0.1, 0.15) is 28.0 Å². The summed E-state index contributed by atoms with van der Waals surface area (Å²) >= 11 is 1.23. The number of thiazole rings is 1. The summed E-state index contributed by atoms with van der Waals surface area (Å²) in [5.74, 6) is -1.23. The quantitative estimate of drug-likeness (QED) is 0.219. The number of ketones is 1.